The molecule has 0 saturated carbocycles. The number of nitrogens with zero attached hydrogens (tertiary/aromatic N) is 1. The van der Waals surface area contributed by atoms with Gasteiger partial charge in [0.2, 0.25) is 5.91 Å². The van der Waals surface area contributed by atoms with Crippen molar-refractivity contribution >= 4 is 17.5 Å². The van der Waals surface area contributed by atoms with Crippen LogP contribution < -0.4 is 15.8 Å². The highest BCUT2D eigenvalue weighted by Crippen LogP contribution is 2.29. The minimum absolute atomic E-state index is 0.0404. The van der Waals surface area contributed by atoms with Crippen LogP contribution in [0, 0.1) is 10.1 Å². The predicted octanol–water partition coefficient (Wildman–Crippen LogP) is 1.96. The van der Waals surface area contributed by atoms with Crippen molar-refractivity contribution in [2.75, 3.05) is 0 Å². The lowest BCUT2D eigenvalue weighted by Crippen LogP contribution is -2.54. The van der Waals surface area contributed by atoms with Crippen molar-refractivity contribution < 1.29 is 19.2 Å². The summed E-state index contributed by atoms with van der Waals surface area (Å²) < 4.78 is 5.58. The molecule has 0 aliphatic heterocycles. The van der Waals surface area contributed by atoms with Crippen LogP contribution in [0.4, 0.5) is 5.69 Å². The van der Waals surface area contributed by atoms with Crippen molar-refractivity contribution in [2.45, 2.75) is 31.9 Å². The number of nitrogens with one attached hydrogen (secondary N) is 1. The zero-order valence-electron chi connectivity index (χ0n) is 15.0. The lowest BCUT2D eigenvalue weighted by atomic mass is 10.0. The number of nitrogens with two attached hydrogens (primary N) is 1. The monoisotopic (exact) mass is 371 g/mol. The summed E-state index contributed by atoms with van der Waals surface area (Å²) in [5.41, 5.74) is 4.52. The minimum Gasteiger partial charge on any atom is -0.471 e. The second-order valence-corrected chi connectivity index (χ2v) is 6.46. The molecule has 8 nitrogen and oxygen atoms in total. The van der Waals surface area contributed by atoms with Gasteiger partial charge in [0.15, 0.2) is 11.4 Å². The van der Waals surface area contributed by atoms with Crippen molar-refractivity contribution in [3.8, 4) is 5.75 Å². The molecule has 0 fully saturated rings. The van der Waals surface area contributed by atoms with Gasteiger partial charge in [0.05, 0.1) is 4.92 Å². The number of primary amides is 1. The fourth-order valence-electron chi connectivity index (χ4n) is 2.42. The van der Waals surface area contributed by atoms with Gasteiger partial charge in [0.25, 0.3) is 5.91 Å². The van der Waals surface area contributed by atoms with Gasteiger partial charge >= 0.3 is 5.69 Å². The van der Waals surface area contributed by atoms with Crippen molar-refractivity contribution in [2.24, 2.45) is 5.73 Å². The third-order valence-corrected chi connectivity index (χ3v) is 3.91. The van der Waals surface area contributed by atoms with Gasteiger partial charge in [-0.25, -0.2) is 0 Å². The maximum atomic E-state index is 12.6. The van der Waals surface area contributed by atoms with Crippen LogP contribution in [0.15, 0.2) is 54.6 Å². The van der Waals surface area contributed by atoms with E-state index in [1.807, 2.05) is 30.3 Å². The summed E-state index contributed by atoms with van der Waals surface area (Å²) in [6.45, 7) is 2.92. The van der Waals surface area contributed by atoms with E-state index in [0.717, 1.165) is 5.56 Å². The molecular formula is C19H21N3O5. The molecule has 2 aromatic rings. The zero-order valence-corrected chi connectivity index (χ0v) is 15.0. The molecule has 0 aliphatic rings. The number of hydrogen-bond donors (Lipinski definition) is 2. The lowest BCUT2D eigenvalue weighted by molar-refractivity contribution is -0.386. The molecule has 0 spiro atoms. The highest BCUT2D eigenvalue weighted by molar-refractivity contribution is 5.90. The zero-order chi connectivity index (χ0) is 20.0. The van der Waals surface area contributed by atoms with Crippen molar-refractivity contribution in [3.05, 3.63) is 70.3 Å². The summed E-state index contributed by atoms with van der Waals surface area (Å²) in [5.74, 6) is -1.34. The number of carbonyl (C=O) groups excluding carboxylic acids is 2. The third kappa shape index (κ3) is 5.27. The van der Waals surface area contributed by atoms with Gasteiger partial charge in [-0.3, -0.25) is 19.7 Å². The molecule has 0 saturated heterocycles. The summed E-state index contributed by atoms with van der Waals surface area (Å²) in [7, 11) is 0. The molecule has 0 heterocycles. The Bertz CT molecular complexity index is 836. The Morgan fingerprint density at radius 3 is 2.33 bits per heavy atom. The van der Waals surface area contributed by atoms with E-state index < -0.39 is 28.4 Å². The van der Waals surface area contributed by atoms with E-state index >= 15 is 0 Å². The largest absolute Gasteiger partial charge is 0.471 e. The molecule has 0 unspecified atom stereocenters. The van der Waals surface area contributed by atoms with E-state index in [1.54, 1.807) is 6.07 Å². The molecule has 2 rings (SSSR count). The van der Waals surface area contributed by atoms with Crippen LogP contribution in [0.3, 0.4) is 0 Å². The first-order valence-electron chi connectivity index (χ1n) is 8.27. The van der Waals surface area contributed by atoms with Gasteiger partial charge < -0.3 is 15.8 Å². The van der Waals surface area contributed by atoms with Gasteiger partial charge in [-0.2, -0.15) is 0 Å². The molecule has 1 atom stereocenters. The minimum atomic E-state index is -1.46. The second-order valence-electron chi connectivity index (χ2n) is 6.46. The number of ether oxygens (including phenoxy) is 1. The summed E-state index contributed by atoms with van der Waals surface area (Å²) >= 11 is 0. The van der Waals surface area contributed by atoms with E-state index in [9.17, 15) is 19.7 Å². The summed E-state index contributed by atoms with van der Waals surface area (Å²) in [5, 5.41) is 13.7. The van der Waals surface area contributed by atoms with Crippen molar-refractivity contribution in [3.63, 3.8) is 0 Å². The number of nitro groups is 1. The molecule has 2 amide bonds. The average Bonchev–Trinajstić information content (AvgIpc) is 2.61. The van der Waals surface area contributed by atoms with Crippen LogP contribution >= 0.6 is 0 Å². The number of nitro benzene ring substituents is 1. The molecular weight excluding hydrogens is 350 g/mol. The smallest absolute Gasteiger partial charge is 0.310 e. The predicted molar refractivity (Wildman–Crippen MR) is 99.1 cm³/mol. The number of benzene rings is 2. The van der Waals surface area contributed by atoms with E-state index in [2.05, 4.69) is 5.32 Å². The van der Waals surface area contributed by atoms with Gasteiger partial charge in [-0.15, -0.1) is 0 Å². The Balaban J connectivity index is 2.14. The van der Waals surface area contributed by atoms with Gasteiger partial charge in [0.1, 0.15) is 6.04 Å². The van der Waals surface area contributed by atoms with E-state index in [0.29, 0.717) is 0 Å². The maximum Gasteiger partial charge on any atom is 0.310 e. The summed E-state index contributed by atoms with van der Waals surface area (Å²) in [6.07, 6.45) is 0.226. The summed E-state index contributed by atoms with van der Waals surface area (Å²) in [6, 6.07) is 13.9. The van der Waals surface area contributed by atoms with Gasteiger partial charge in [-0.05, 0) is 25.5 Å². The molecule has 142 valence electrons. The first kappa shape index (κ1) is 19.9. The van der Waals surface area contributed by atoms with Crippen LogP contribution in [0.5, 0.6) is 5.75 Å². The average molecular weight is 371 g/mol. The van der Waals surface area contributed by atoms with E-state index in [1.165, 1.54) is 32.0 Å². The Kier molecular flexibility index (Phi) is 6.12. The highest BCUT2D eigenvalue weighted by atomic mass is 16.6. The normalized spacial score (nSPS) is 12.1. The lowest BCUT2D eigenvalue weighted by Gasteiger charge is -2.27. The van der Waals surface area contributed by atoms with E-state index in [-0.39, 0.29) is 17.9 Å². The molecule has 0 aromatic heterocycles. The Morgan fingerprint density at radius 2 is 1.74 bits per heavy atom. The standard InChI is InChI=1S/C19H21N3O5/c1-19(2,27-16-11-7-6-10-15(16)22(25)26)18(24)21-14(17(20)23)12-13-8-4-3-5-9-13/h3-11,14H,12H2,1-2H3,(H2,20,23)(H,21,24)/t14-/m0/s1. The number of para-hydroxylation sites is 2. The molecule has 0 radical (unpaired) electrons. The number of amides is 2. The van der Waals surface area contributed by atoms with Crippen LogP contribution in [-0.4, -0.2) is 28.4 Å². The topological polar surface area (TPSA) is 125 Å². The molecule has 3 N–H and O–H groups in total. The first-order valence-corrected chi connectivity index (χ1v) is 8.27. The highest BCUT2D eigenvalue weighted by Gasteiger charge is 2.34. The van der Waals surface area contributed by atoms with Crippen LogP contribution in [0.1, 0.15) is 19.4 Å². The van der Waals surface area contributed by atoms with Crippen LogP contribution in [0.25, 0.3) is 0 Å². The maximum absolute atomic E-state index is 12.6. The third-order valence-electron chi connectivity index (χ3n) is 3.91. The number of rotatable bonds is 8. The number of carbonyl (C=O) groups is 2. The SMILES string of the molecule is CC(C)(Oc1ccccc1[N+](=O)[O-])C(=O)N[C@@H](Cc1ccccc1)C(N)=O. The van der Waals surface area contributed by atoms with E-state index in [4.69, 9.17) is 10.5 Å². The molecule has 2 aromatic carbocycles. The summed E-state index contributed by atoms with van der Waals surface area (Å²) in [4.78, 5) is 34.9. The second kappa shape index (κ2) is 8.31. The van der Waals surface area contributed by atoms with Gasteiger partial charge in [0, 0.05) is 12.5 Å². The molecule has 8 heteroatoms. The Labute approximate surface area is 156 Å². The van der Waals surface area contributed by atoms with Gasteiger partial charge in [-0.1, -0.05) is 42.5 Å². The molecule has 0 bridgehead atoms. The number of hydrogen-bond acceptors (Lipinski definition) is 5. The quantitative estimate of drug-likeness (QED) is 0.542. The Morgan fingerprint density at radius 1 is 1.15 bits per heavy atom. The fraction of sp³-hybridized carbons (Fsp3) is 0.263. The molecule has 27 heavy (non-hydrogen) atoms. The first-order chi connectivity index (χ1) is 12.7. The fourth-order valence-corrected chi connectivity index (χ4v) is 2.42. The Hall–Kier alpha value is -3.42. The van der Waals surface area contributed by atoms with Crippen molar-refractivity contribution in [1.82, 2.24) is 5.32 Å². The van der Waals surface area contributed by atoms with Crippen LogP contribution in [-0.2, 0) is 16.0 Å². The van der Waals surface area contributed by atoms with Crippen molar-refractivity contribution in [1.29, 1.82) is 0 Å². The van der Waals surface area contributed by atoms with Crippen LogP contribution in [0.2, 0.25) is 0 Å². The molecule has 0 aliphatic carbocycles.